The van der Waals surface area contributed by atoms with Crippen LogP contribution in [0.25, 0.3) is 22.3 Å². The maximum Gasteiger partial charge on any atom is 0.171 e. The second-order valence-corrected chi connectivity index (χ2v) is 16.9. The summed E-state index contributed by atoms with van der Waals surface area (Å²) in [6.07, 6.45) is 0. The molecule has 0 amide bonds. The summed E-state index contributed by atoms with van der Waals surface area (Å²) in [6, 6.07) is 71.9. The molecule has 1 spiro atoms. The number of benzene rings is 8. The summed E-state index contributed by atoms with van der Waals surface area (Å²) in [5.74, 6) is 0. The van der Waals surface area contributed by atoms with Crippen molar-refractivity contribution in [1.82, 2.24) is 0 Å². The summed E-state index contributed by atoms with van der Waals surface area (Å²) in [7, 11) is -3.33. The van der Waals surface area contributed by atoms with Gasteiger partial charge in [0.05, 0.1) is 10.8 Å². The van der Waals surface area contributed by atoms with Crippen molar-refractivity contribution in [2.45, 2.75) is 10.8 Å². The van der Waals surface area contributed by atoms with Crippen molar-refractivity contribution in [1.29, 1.82) is 0 Å². The van der Waals surface area contributed by atoms with Gasteiger partial charge in [-0.3, -0.25) is 0 Å². The highest BCUT2D eigenvalue weighted by atomic mass is 31.2. The third-order valence-corrected chi connectivity index (χ3v) is 15.1. The molecule has 3 aliphatic carbocycles. The van der Waals surface area contributed by atoms with Gasteiger partial charge in [0, 0.05) is 15.9 Å². The van der Waals surface area contributed by atoms with E-state index in [0.717, 1.165) is 27.0 Å². The third-order valence-electron chi connectivity index (χ3n) is 12.0. The van der Waals surface area contributed by atoms with E-state index < -0.39 is 18.0 Å². The monoisotopic (exact) mass is 680 g/mol. The summed E-state index contributed by atoms with van der Waals surface area (Å²) >= 11 is 0. The molecule has 1 nitrogen and oxygen atoms in total. The van der Waals surface area contributed by atoms with E-state index in [1.807, 2.05) is 60.7 Å². The molecule has 52 heavy (non-hydrogen) atoms. The van der Waals surface area contributed by atoms with Crippen LogP contribution in [0.2, 0.25) is 0 Å². The van der Waals surface area contributed by atoms with Gasteiger partial charge in [0.1, 0.15) is 0 Å². The van der Waals surface area contributed by atoms with E-state index in [9.17, 15) is 0 Å². The van der Waals surface area contributed by atoms with Gasteiger partial charge in [-0.1, -0.05) is 200 Å². The van der Waals surface area contributed by atoms with Crippen LogP contribution < -0.4 is 15.9 Å². The van der Waals surface area contributed by atoms with E-state index in [4.69, 9.17) is 0 Å². The highest BCUT2D eigenvalue weighted by Gasteiger charge is 2.60. The number of rotatable bonds is 4. The minimum Gasteiger partial charge on any atom is -0.309 e. The second-order valence-electron chi connectivity index (χ2n) is 14.2. The molecule has 2 unspecified atom stereocenters. The molecule has 0 radical (unpaired) electrons. The molecule has 2 atom stereocenters. The molecule has 2 heteroatoms. The minimum absolute atomic E-state index is 0.496. The lowest BCUT2D eigenvalue weighted by atomic mass is 9.52. The SMILES string of the molecule is O=P(c1ccccc1)(c1ccccc1)c1cccc2c1-c1ccccc1C21c2ccccc2C2(c3ccccc3)c3ccccc3-c3cccc1c32. The van der Waals surface area contributed by atoms with Crippen LogP contribution in [-0.4, -0.2) is 0 Å². The molecule has 0 aliphatic heterocycles. The molecule has 244 valence electrons. The van der Waals surface area contributed by atoms with Crippen LogP contribution in [0, 0.1) is 0 Å². The molecule has 11 rings (SSSR count). The Balaban J connectivity index is 1.33. The molecule has 8 aromatic carbocycles. The Morgan fingerprint density at radius 2 is 0.769 bits per heavy atom. The minimum atomic E-state index is -3.33. The molecule has 0 aromatic heterocycles. The zero-order chi connectivity index (χ0) is 34.5. The number of fused-ring (bicyclic) bond motifs is 12. The second kappa shape index (κ2) is 10.8. The summed E-state index contributed by atoms with van der Waals surface area (Å²) in [5.41, 5.74) is 13.9. The van der Waals surface area contributed by atoms with Crippen molar-refractivity contribution in [3.8, 4) is 22.3 Å². The van der Waals surface area contributed by atoms with Gasteiger partial charge in [-0.2, -0.15) is 0 Å². The van der Waals surface area contributed by atoms with E-state index in [2.05, 4.69) is 140 Å². The molecule has 0 fully saturated rings. The van der Waals surface area contributed by atoms with Crippen LogP contribution in [0.3, 0.4) is 0 Å². The van der Waals surface area contributed by atoms with Crippen LogP contribution in [0.1, 0.15) is 44.5 Å². The lowest BCUT2D eigenvalue weighted by molar-refractivity contribution is 0.592. The van der Waals surface area contributed by atoms with Crippen molar-refractivity contribution in [3.63, 3.8) is 0 Å². The maximum atomic E-state index is 16.3. The largest absolute Gasteiger partial charge is 0.309 e. The Labute approximate surface area is 304 Å². The standard InChI is InChI=1S/C50H33OP/c51-52(35-20-6-2-7-21-35,36-22-8-3-9-23-36)46-33-17-31-44-47(46)39-25-11-13-28-41(39)50(44)43-30-15-14-29-42(43)49(34-18-4-1-5-19-34)40-27-12-10-24-37(40)38-26-16-32-45(50)48(38)49/h1-33H. The average Bonchev–Trinajstić information content (AvgIpc) is 3.70. The molecule has 0 N–H and O–H groups in total. The van der Waals surface area contributed by atoms with Crippen LogP contribution in [-0.2, 0) is 15.4 Å². The van der Waals surface area contributed by atoms with Crippen molar-refractivity contribution in [2.75, 3.05) is 0 Å². The highest BCUT2D eigenvalue weighted by Crippen LogP contribution is 2.68. The van der Waals surface area contributed by atoms with Gasteiger partial charge in [0.25, 0.3) is 0 Å². The average molecular weight is 681 g/mol. The lowest BCUT2D eigenvalue weighted by Crippen LogP contribution is -2.43. The molecule has 0 saturated heterocycles. The van der Waals surface area contributed by atoms with Gasteiger partial charge in [0.2, 0.25) is 0 Å². The number of hydrogen-bond donors (Lipinski definition) is 0. The quantitative estimate of drug-likeness (QED) is 0.169. The van der Waals surface area contributed by atoms with Crippen LogP contribution in [0.5, 0.6) is 0 Å². The fourth-order valence-corrected chi connectivity index (χ4v) is 13.1. The maximum absolute atomic E-state index is 16.3. The van der Waals surface area contributed by atoms with E-state index in [-0.39, 0.29) is 0 Å². The topological polar surface area (TPSA) is 17.1 Å². The molecular weight excluding hydrogens is 648 g/mol. The zero-order valence-electron chi connectivity index (χ0n) is 28.4. The van der Waals surface area contributed by atoms with Crippen molar-refractivity contribution in [3.05, 3.63) is 245 Å². The molecule has 0 bridgehead atoms. The fourth-order valence-electron chi connectivity index (χ4n) is 10.2. The Morgan fingerprint density at radius 3 is 1.42 bits per heavy atom. The Bertz CT molecular complexity index is 2730. The van der Waals surface area contributed by atoms with Crippen LogP contribution >= 0.6 is 7.14 Å². The Kier molecular flexibility index (Phi) is 6.14. The highest BCUT2D eigenvalue weighted by molar-refractivity contribution is 7.85. The zero-order valence-corrected chi connectivity index (χ0v) is 29.3. The van der Waals surface area contributed by atoms with Gasteiger partial charge >= 0.3 is 0 Å². The first kappa shape index (κ1) is 29.7. The Morgan fingerprint density at radius 1 is 0.327 bits per heavy atom. The van der Waals surface area contributed by atoms with Gasteiger partial charge < -0.3 is 4.57 Å². The van der Waals surface area contributed by atoms with E-state index in [0.29, 0.717) is 0 Å². The van der Waals surface area contributed by atoms with Gasteiger partial charge in [-0.05, 0) is 66.8 Å². The first-order valence-corrected chi connectivity index (χ1v) is 19.8. The first-order valence-electron chi connectivity index (χ1n) is 18.1. The molecular formula is C50H33OP. The lowest BCUT2D eigenvalue weighted by Gasteiger charge is -2.48. The van der Waals surface area contributed by atoms with Crippen molar-refractivity contribution in [2.24, 2.45) is 0 Å². The fraction of sp³-hybridized carbons (Fsp3) is 0.0400. The summed E-state index contributed by atoms with van der Waals surface area (Å²) in [4.78, 5) is 0. The predicted octanol–water partition coefficient (Wildman–Crippen LogP) is 10.4. The normalized spacial score (nSPS) is 18.6. The smallest absolute Gasteiger partial charge is 0.171 e. The molecule has 0 heterocycles. The van der Waals surface area contributed by atoms with Crippen molar-refractivity contribution < 1.29 is 4.57 Å². The third kappa shape index (κ3) is 3.47. The number of hydrogen-bond acceptors (Lipinski definition) is 1. The van der Waals surface area contributed by atoms with Gasteiger partial charge in [-0.15, -0.1) is 0 Å². The Hall–Kier alpha value is -6.01. The van der Waals surface area contributed by atoms with Gasteiger partial charge in [0.15, 0.2) is 7.14 Å². The van der Waals surface area contributed by atoms with E-state index in [1.54, 1.807) is 0 Å². The first-order chi connectivity index (χ1) is 25.7. The summed E-state index contributed by atoms with van der Waals surface area (Å²) < 4.78 is 16.3. The summed E-state index contributed by atoms with van der Waals surface area (Å²) in [5, 5.41) is 2.58. The van der Waals surface area contributed by atoms with Gasteiger partial charge in [-0.25, -0.2) is 0 Å². The van der Waals surface area contributed by atoms with Crippen LogP contribution in [0.15, 0.2) is 200 Å². The van der Waals surface area contributed by atoms with E-state index in [1.165, 1.54) is 55.6 Å². The molecule has 3 aliphatic rings. The molecule has 0 saturated carbocycles. The summed E-state index contributed by atoms with van der Waals surface area (Å²) in [6.45, 7) is 0. The predicted molar refractivity (Wildman–Crippen MR) is 214 cm³/mol. The molecule has 8 aromatic rings. The van der Waals surface area contributed by atoms with Crippen LogP contribution in [0.4, 0.5) is 0 Å². The van der Waals surface area contributed by atoms with Crippen molar-refractivity contribution >= 4 is 23.1 Å². The van der Waals surface area contributed by atoms with E-state index >= 15 is 4.57 Å².